The van der Waals surface area contributed by atoms with Crippen LogP contribution >= 0.6 is 15.6 Å². The molecular weight excluding hydrogens is 1400 g/mol. The minimum absolute atomic E-state index is 0.0369. The van der Waals surface area contributed by atoms with Gasteiger partial charge in [0.15, 0.2) is 12.2 Å². The number of esters is 4. The van der Waals surface area contributed by atoms with Crippen LogP contribution in [-0.4, -0.2) is 150 Å². The molecule has 644 valence electrons. The summed E-state index contributed by atoms with van der Waals surface area (Å²) in [5.41, 5.74) is 0. The van der Waals surface area contributed by atoms with Crippen molar-refractivity contribution in [2.24, 2.45) is 0 Å². The topological polar surface area (TPSA) is 217 Å². The second kappa shape index (κ2) is 78.9. The highest BCUT2D eigenvalue weighted by Crippen LogP contribution is 2.44. The van der Waals surface area contributed by atoms with Gasteiger partial charge in [0.1, 0.15) is 39.5 Å². The zero-order chi connectivity index (χ0) is 80.0. The van der Waals surface area contributed by atoms with E-state index in [1.165, 1.54) is 308 Å². The zero-order valence-corrected chi connectivity index (χ0v) is 74.3. The highest BCUT2D eigenvalue weighted by atomic mass is 31.2. The molecule has 3 unspecified atom stereocenters. The van der Waals surface area contributed by atoms with Crippen LogP contribution in [0.2, 0.25) is 0 Å². The third-order valence-corrected chi connectivity index (χ3v) is 22.2. The summed E-state index contributed by atoms with van der Waals surface area (Å²) in [5, 5.41) is 0. The molecule has 0 heterocycles. The highest BCUT2D eigenvalue weighted by Gasteiger charge is 2.29. The van der Waals surface area contributed by atoms with Crippen molar-refractivity contribution in [2.75, 3.05) is 95.0 Å². The van der Waals surface area contributed by atoms with Crippen LogP contribution < -0.4 is 0 Å². The van der Waals surface area contributed by atoms with Crippen molar-refractivity contribution in [3.05, 3.63) is 0 Å². The van der Waals surface area contributed by atoms with E-state index in [4.69, 9.17) is 37.0 Å². The Morgan fingerprint density at radius 3 is 0.593 bits per heavy atom. The minimum atomic E-state index is -4.37. The monoisotopic (exact) mass is 1580 g/mol. The van der Waals surface area contributed by atoms with E-state index in [0.29, 0.717) is 34.9 Å². The number of unbranched alkanes of at least 4 members (excludes halogenated alkanes) is 56. The number of carbonyl (C=O) groups is 4. The molecule has 0 saturated heterocycles. The molecule has 0 fully saturated rings. The lowest BCUT2D eigenvalue weighted by Gasteiger charge is -2.24. The maximum absolute atomic E-state index is 12.7. The van der Waals surface area contributed by atoms with Crippen molar-refractivity contribution in [1.82, 2.24) is 0 Å². The molecule has 0 rings (SSSR count). The summed E-state index contributed by atoms with van der Waals surface area (Å²) in [6, 6.07) is 0. The number of quaternary nitrogens is 2. The SMILES string of the molecule is CCCCCCCCCCCCCCCCCC(=O)OCC(COP(=O)(O)OCC[N+](C)(C)C)OC(=O)CCCCCCCCCCCCCCCCC.CCCCCCCCCCCCCCCCCC(=O)OC[C@H](COP(=O)(O)OCC[N+](C)(C)C)OC(=O)CCCCCCCCCCCCCCCCC. The quantitative estimate of drug-likeness (QED) is 0.0190. The molecule has 0 aliphatic rings. The average molecular weight is 1580 g/mol. The number of hydrogen-bond donors (Lipinski definition) is 2. The Hall–Kier alpha value is -1.98. The van der Waals surface area contributed by atoms with E-state index in [-0.39, 0.29) is 51.2 Å². The zero-order valence-electron chi connectivity index (χ0n) is 72.5. The molecule has 20 heteroatoms. The van der Waals surface area contributed by atoms with E-state index in [2.05, 4.69) is 27.7 Å². The first-order valence-corrected chi connectivity index (χ1v) is 48.5. The summed E-state index contributed by atoms with van der Waals surface area (Å²) in [7, 11) is 2.99. The van der Waals surface area contributed by atoms with Crippen molar-refractivity contribution in [3.63, 3.8) is 0 Å². The van der Waals surface area contributed by atoms with Crippen LogP contribution in [0.4, 0.5) is 0 Å². The fraction of sp³-hybridized carbons (Fsp3) is 0.955. The number of nitrogens with zero attached hydrogens (tertiary/aromatic N) is 2. The van der Waals surface area contributed by atoms with Crippen LogP contribution in [0.15, 0.2) is 0 Å². The Bertz CT molecular complexity index is 1930. The Kier molecular flexibility index (Phi) is 78.9. The van der Waals surface area contributed by atoms with Crippen molar-refractivity contribution in [3.8, 4) is 0 Å². The van der Waals surface area contributed by atoms with Crippen LogP contribution in [0.25, 0.3) is 0 Å². The summed E-state index contributed by atoms with van der Waals surface area (Å²) in [4.78, 5) is 70.7. The molecule has 0 amide bonds. The van der Waals surface area contributed by atoms with E-state index >= 15 is 0 Å². The molecule has 0 aromatic heterocycles. The van der Waals surface area contributed by atoms with E-state index in [9.17, 15) is 38.1 Å². The standard InChI is InChI=1S/2C44H88NO8P/c2*1-6-8-10-12-14-16-18-20-22-24-26-28-30-32-34-36-43(46)50-40-42(41-52-54(48,49)51-39-38-45(3,4)5)53-44(47)37-35-33-31-29-27-25-23-21-19-17-15-13-11-9-7-2/h2*42H,6-41H2,1-5H3/p+2/t42-;/m1./s1. The van der Waals surface area contributed by atoms with Crippen molar-refractivity contribution in [2.45, 2.75) is 451 Å². The Balaban J connectivity index is 0. The summed E-state index contributed by atoms with van der Waals surface area (Å²) < 4.78 is 68.7. The van der Waals surface area contributed by atoms with Crippen molar-refractivity contribution < 1.29 is 84.1 Å². The number of carbonyl (C=O) groups excluding carboxylic acids is 4. The smallest absolute Gasteiger partial charge is 0.462 e. The lowest BCUT2D eigenvalue weighted by molar-refractivity contribution is -0.870. The third-order valence-electron chi connectivity index (χ3n) is 20.3. The van der Waals surface area contributed by atoms with Gasteiger partial charge in [-0.05, 0) is 25.7 Å². The number of likely N-dealkylation sites (N-methyl/N-ethyl adjacent to an activating group) is 2. The van der Waals surface area contributed by atoms with Crippen LogP contribution in [0.5, 0.6) is 0 Å². The summed E-state index contributed by atoms with van der Waals surface area (Å²) in [6.45, 7) is 8.92. The second-order valence-electron chi connectivity index (χ2n) is 33.6. The molecule has 0 aliphatic carbocycles. The van der Waals surface area contributed by atoms with E-state index in [1.807, 2.05) is 42.3 Å². The number of phosphoric acid groups is 2. The number of phosphoric ester groups is 2. The molecule has 0 aromatic rings. The van der Waals surface area contributed by atoms with E-state index in [1.54, 1.807) is 0 Å². The van der Waals surface area contributed by atoms with Gasteiger partial charge >= 0.3 is 39.5 Å². The summed E-state index contributed by atoms with van der Waals surface area (Å²) in [6.07, 6.45) is 74.2. The van der Waals surface area contributed by atoms with E-state index in [0.717, 1.165) is 77.0 Å². The van der Waals surface area contributed by atoms with Crippen LogP contribution in [-0.2, 0) is 65.4 Å². The lowest BCUT2D eigenvalue weighted by Crippen LogP contribution is -2.37. The second-order valence-corrected chi connectivity index (χ2v) is 36.5. The van der Waals surface area contributed by atoms with E-state index < -0.39 is 53.0 Å². The molecule has 0 aliphatic heterocycles. The summed E-state index contributed by atoms with van der Waals surface area (Å²) in [5.74, 6) is -1.56. The largest absolute Gasteiger partial charge is 0.472 e. The Labute approximate surface area is 666 Å². The van der Waals surface area contributed by atoms with Gasteiger partial charge in [-0.15, -0.1) is 0 Å². The first-order chi connectivity index (χ1) is 52.0. The predicted molar refractivity (Wildman–Crippen MR) is 449 cm³/mol. The molecule has 0 aromatic carbocycles. The minimum Gasteiger partial charge on any atom is -0.462 e. The van der Waals surface area contributed by atoms with Crippen molar-refractivity contribution >= 4 is 39.5 Å². The lowest BCUT2D eigenvalue weighted by atomic mass is 10.0. The van der Waals surface area contributed by atoms with Gasteiger partial charge in [0.05, 0.1) is 55.5 Å². The normalized spacial score (nSPS) is 13.5. The van der Waals surface area contributed by atoms with Crippen LogP contribution in [0.3, 0.4) is 0 Å². The fourth-order valence-corrected chi connectivity index (χ4v) is 14.6. The Morgan fingerprint density at radius 2 is 0.417 bits per heavy atom. The molecule has 18 nitrogen and oxygen atoms in total. The van der Waals surface area contributed by atoms with Crippen LogP contribution in [0.1, 0.15) is 439 Å². The first kappa shape index (κ1) is 108. The van der Waals surface area contributed by atoms with Gasteiger partial charge in [0.2, 0.25) is 0 Å². The highest BCUT2D eigenvalue weighted by molar-refractivity contribution is 7.47. The average Bonchev–Trinajstić information content (AvgIpc) is 0.907. The van der Waals surface area contributed by atoms with Gasteiger partial charge in [0.25, 0.3) is 0 Å². The Morgan fingerprint density at radius 1 is 0.250 bits per heavy atom. The predicted octanol–water partition coefficient (Wildman–Crippen LogP) is 25.6. The van der Waals surface area contributed by atoms with Gasteiger partial charge in [-0.25, -0.2) is 9.13 Å². The van der Waals surface area contributed by atoms with Crippen molar-refractivity contribution in [1.29, 1.82) is 0 Å². The molecular formula is C88H178N2O16P2+2. The fourth-order valence-electron chi connectivity index (χ4n) is 13.1. The third kappa shape index (κ3) is 88.0. The molecule has 2 N–H and O–H groups in total. The molecule has 0 radical (unpaired) electrons. The maximum atomic E-state index is 12.7. The first-order valence-electron chi connectivity index (χ1n) is 45.5. The molecule has 0 spiro atoms. The molecule has 108 heavy (non-hydrogen) atoms. The van der Waals surface area contributed by atoms with Gasteiger partial charge in [-0.2, -0.15) is 0 Å². The molecule has 4 atom stereocenters. The van der Waals surface area contributed by atoms with Crippen LogP contribution in [0, 0.1) is 0 Å². The molecule has 0 bridgehead atoms. The molecule has 0 saturated carbocycles. The number of rotatable bonds is 84. The maximum Gasteiger partial charge on any atom is 0.472 e. The number of hydrogen-bond acceptors (Lipinski definition) is 14. The van der Waals surface area contributed by atoms with Gasteiger partial charge in [0, 0.05) is 25.7 Å². The number of ether oxygens (including phenoxy) is 4. The van der Waals surface area contributed by atoms with Gasteiger partial charge in [-0.1, -0.05) is 387 Å². The summed E-state index contributed by atoms with van der Waals surface area (Å²) >= 11 is 0. The van der Waals surface area contributed by atoms with Gasteiger partial charge in [-0.3, -0.25) is 37.3 Å². The van der Waals surface area contributed by atoms with Gasteiger partial charge < -0.3 is 37.7 Å².